The first-order valence-corrected chi connectivity index (χ1v) is 20.9. The average molecular weight is 881 g/mol. The summed E-state index contributed by atoms with van der Waals surface area (Å²) in [6.45, 7) is 25.7. The van der Waals surface area contributed by atoms with E-state index in [0.717, 1.165) is 24.0 Å². The molecule has 2 unspecified atom stereocenters. The van der Waals surface area contributed by atoms with Crippen LogP contribution >= 0.6 is 0 Å². The SMILES string of the molecule is CC(C)C(=O)O.CC(C)OC(=O)C(C)C.CC(C)OC(=O)C=Cc1ccccc1.CC(O)CO.CC(O)CO.CCCOC(=O)C(C)C.CCCOC(=O)C=Cc1ccccc1. The van der Waals surface area contributed by atoms with Gasteiger partial charge in [-0.1, -0.05) is 116 Å². The molecule has 2 aromatic rings. The molecular formula is C48H80O14. The Morgan fingerprint density at radius 1 is 0.516 bits per heavy atom. The van der Waals surface area contributed by atoms with Crippen molar-refractivity contribution < 1.29 is 68.5 Å². The zero-order valence-corrected chi connectivity index (χ0v) is 39.8. The fourth-order valence-corrected chi connectivity index (χ4v) is 2.72. The highest BCUT2D eigenvalue weighted by Crippen LogP contribution is 2.03. The number of carboxylic acids is 1. The minimum Gasteiger partial charge on any atom is -0.481 e. The number of benzene rings is 2. The van der Waals surface area contributed by atoms with Crippen molar-refractivity contribution in [1.29, 1.82) is 0 Å². The van der Waals surface area contributed by atoms with Gasteiger partial charge in [0.2, 0.25) is 0 Å². The third-order valence-electron chi connectivity index (χ3n) is 5.99. The van der Waals surface area contributed by atoms with Gasteiger partial charge in [0, 0.05) is 12.2 Å². The van der Waals surface area contributed by atoms with E-state index in [1.54, 1.807) is 26.0 Å². The van der Waals surface area contributed by atoms with Gasteiger partial charge in [0.15, 0.2) is 0 Å². The van der Waals surface area contributed by atoms with Crippen molar-refractivity contribution in [2.24, 2.45) is 17.8 Å². The highest BCUT2D eigenvalue weighted by molar-refractivity contribution is 5.87. The molecule has 0 bridgehead atoms. The van der Waals surface area contributed by atoms with Crippen molar-refractivity contribution in [3.8, 4) is 0 Å². The normalized spacial score (nSPS) is 11.0. The molecule has 0 aliphatic heterocycles. The lowest BCUT2D eigenvalue weighted by Crippen LogP contribution is -2.16. The summed E-state index contributed by atoms with van der Waals surface area (Å²) >= 11 is 0. The molecule has 0 aliphatic rings. The number of hydrogen-bond acceptors (Lipinski definition) is 13. The number of carboxylic acid groups (broad SMARTS) is 1. The minimum atomic E-state index is -0.741. The Hall–Kier alpha value is -4.89. The van der Waals surface area contributed by atoms with Gasteiger partial charge in [-0.2, -0.15) is 0 Å². The average Bonchev–Trinajstić information content (AvgIpc) is 3.22. The maximum absolute atomic E-state index is 11.1. The summed E-state index contributed by atoms with van der Waals surface area (Å²) in [5.74, 6) is -1.77. The van der Waals surface area contributed by atoms with Gasteiger partial charge in [-0.15, -0.1) is 0 Å². The summed E-state index contributed by atoms with van der Waals surface area (Å²) in [5.41, 5.74) is 1.99. The smallest absolute Gasteiger partial charge is 0.331 e. The number of carbonyl (C=O) groups excluding carboxylic acids is 4. The van der Waals surface area contributed by atoms with Crippen LogP contribution in [0, 0.1) is 17.8 Å². The molecular weight excluding hydrogens is 801 g/mol. The zero-order valence-electron chi connectivity index (χ0n) is 39.8. The number of esters is 4. The van der Waals surface area contributed by atoms with Gasteiger partial charge < -0.3 is 44.5 Å². The number of aliphatic carboxylic acids is 1. The predicted octanol–water partition coefficient (Wildman–Crippen LogP) is 7.94. The van der Waals surface area contributed by atoms with Crippen LogP contribution in [0.25, 0.3) is 12.2 Å². The summed E-state index contributed by atoms with van der Waals surface area (Å²) in [5, 5.41) is 40.0. The van der Waals surface area contributed by atoms with Crippen molar-refractivity contribution in [2.75, 3.05) is 26.4 Å². The lowest BCUT2D eigenvalue weighted by Gasteiger charge is -2.08. The fraction of sp³-hybridized carbons (Fsp3) is 0.562. The van der Waals surface area contributed by atoms with Crippen LogP contribution in [0.4, 0.5) is 0 Å². The molecule has 5 N–H and O–H groups in total. The predicted molar refractivity (Wildman–Crippen MR) is 246 cm³/mol. The molecule has 14 nitrogen and oxygen atoms in total. The monoisotopic (exact) mass is 881 g/mol. The molecule has 2 aromatic carbocycles. The van der Waals surface area contributed by atoms with Crippen LogP contribution in [0.5, 0.6) is 0 Å². The molecule has 2 rings (SSSR count). The van der Waals surface area contributed by atoms with Crippen molar-refractivity contribution in [1.82, 2.24) is 0 Å². The van der Waals surface area contributed by atoms with E-state index in [1.807, 2.05) is 130 Å². The third kappa shape index (κ3) is 57.2. The van der Waals surface area contributed by atoms with Gasteiger partial charge in [-0.25, -0.2) is 9.59 Å². The first kappa shape index (κ1) is 66.2. The largest absolute Gasteiger partial charge is 0.481 e. The van der Waals surface area contributed by atoms with Gasteiger partial charge in [0.25, 0.3) is 0 Å². The van der Waals surface area contributed by atoms with Gasteiger partial charge in [0.1, 0.15) is 0 Å². The van der Waals surface area contributed by atoms with Crippen LogP contribution in [0.15, 0.2) is 72.8 Å². The maximum Gasteiger partial charge on any atom is 0.331 e. The van der Waals surface area contributed by atoms with E-state index in [0.29, 0.717) is 13.2 Å². The van der Waals surface area contributed by atoms with E-state index in [1.165, 1.54) is 26.0 Å². The molecule has 0 spiro atoms. The molecule has 0 amide bonds. The molecule has 356 valence electrons. The first-order valence-electron chi connectivity index (χ1n) is 20.9. The van der Waals surface area contributed by atoms with Crippen LogP contribution in [0.1, 0.15) is 121 Å². The molecule has 2 atom stereocenters. The standard InChI is InChI=1S/2C12H14O2.2C7H14O2.C4H8O2.2C3H8O2/c1-10(2)14-12(13)9-8-11-6-4-3-5-7-11;1-2-10-14-12(13)9-8-11-6-4-3-5-7-11;1-5(2)7(8)9-6(3)4;1-4-5-9-7(8)6(2)3;1-3(2)4(5)6;2*1-3(5)2-4/h3-10H,1-2H3;3-9H,2,10H2,1H3;5-6H,1-4H3;6H,4-5H2,1-3H3;3H,1-2H3,(H,5,6);2*3-5H,2H2,1H3. The molecule has 0 saturated carbocycles. The van der Waals surface area contributed by atoms with Crippen molar-refractivity contribution in [2.45, 2.75) is 134 Å². The van der Waals surface area contributed by atoms with Crippen LogP contribution in [0.2, 0.25) is 0 Å². The quantitative estimate of drug-likeness (QED) is 0.0651. The topological polar surface area (TPSA) is 223 Å². The Balaban J connectivity index is -0.000000212. The Morgan fingerprint density at radius 2 is 0.839 bits per heavy atom. The van der Waals surface area contributed by atoms with Gasteiger partial charge in [-0.05, 0) is 77.7 Å². The van der Waals surface area contributed by atoms with Crippen molar-refractivity contribution >= 4 is 42.0 Å². The van der Waals surface area contributed by atoms with Crippen LogP contribution < -0.4 is 0 Å². The first-order chi connectivity index (χ1) is 28.9. The molecule has 14 heteroatoms. The van der Waals surface area contributed by atoms with Gasteiger partial charge in [0.05, 0.1) is 68.6 Å². The van der Waals surface area contributed by atoms with Crippen LogP contribution in [-0.2, 0) is 42.9 Å². The Labute approximate surface area is 372 Å². The number of carbonyl (C=O) groups is 5. The number of aliphatic hydroxyl groups is 4. The summed E-state index contributed by atoms with van der Waals surface area (Å²) in [6, 6.07) is 19.3. The molecule has 0 saturated heterocycles. The molecule has 0 aromatic heterocycles. The van der Waals surface area contributed by atoms with E-state index in [-0.39, 0.29) is 67.1 Å². The van der Waals surface area contributed by atoms with Gasteiger partial charge in [-0.3, -0.25) is 14.4 Å². The van der Waals surface area contributed by atoms with E-state index in [9.17, 15) is 24.0 Å². The molecule has 0 radical (unpaired) electrons. The number of aliphatic hydroxyl groups excluding tert-OH is 4. The third-order valence-corrected chi connectivity index (χ3v) is 5.99. The highest BCUT2D eigenvalue weighted by Gasteiger charge is 2.09. The maximum atomic E-state index is 11.1. The summed E-state index contributed by atoms with van der Waals surface area (Å²) in [6.07, 6.45) is 6.96. The van der Waals surface area contributed by atoms with Crippen LogP contribution in [0.3, 0.4) is 0 Å². The second-order valence-corrected chi connectivity index (χ2v) is 14.7. The van der Waals surface area contributed by atoms with E-state index < -0.39 is 18.2 Å². The Morgan fingerprint density at radius 3 is 1.10 bits per heavy atom. The molecule has 62 heavy (non-hydrogen) atoms. The minimum absolute atomic E-state index is 0.00704. The van der Waals surface area contributed by atoms with Crippen molar-refractivity contribution in [3.05, 3.63) is 83.9 Å². The molecule has 0 fully saturated rings. The fourth-order valence-electron chi connectivity index (χ4n) is 2.72. The van der Waals surface area contributed by atoms with Crippen molar-refractivity contribution in [3.63, 3.8) is 0 Å². The molecule has 0 aliphatic carbocycles. The van der Waals surface area contributed by atoms with E-state index >= 15 is 0 Å². The zero-order chi connectivity index (χ0) is 49.1. The lowest BCUT2D eigenvalue weighted by molar-refractivity contribution is -0.151. The van der Waals surface area contributed by atoms with Crippen LogP contribution in [-0.4, -0.2) is 106 Å². The lowest BCUT2D eigenvalue weighted by atomic mass is 10.2. The Kier molecular flexibility index (Phi) is 48.7. The summed E-state index contributed by atoms with van der Waals surface area (Å²) < 4.78 is 19.5. The number of ether oxygens (including phenoxy) is 4. The summed E-state index contributed by atoms with van der Waals surface area (Å²) in [7, 11) is 0. The Bertz CT molecular complexity index is 1410. The summed E-state index contributed by atoms with van der Waals surface area (Å²) in [4.78, 5) is 53.3. The number of hydrogen-bond donors (Lipinski definition) is 5. The van der Waals surface area contributed by atoms with Gasteiger partial charge >= 0.3 is 29.8 Å². The molecule has 0 heterocycles. The highest BCUT2D eigenvalue weighted by atomic mass is 16.5. The van der Waals surface area contributed by atoms with E-state index in [4.69, 9.17) is 44.5 Å². The second kappa shape index (κ2) is 45.6. The van der Waals surface area contributed by atoms with E-state index in [2.05, 4.69) is 0 Å². The second-order valence-electron chi connectivity index (χ2n) is 14.7. The number of rotatable bonds is 15.